The fraction of sp³-hybridized carbons (Fsp3) is 0.562. The number of halogens is 1. The van der Waals surface area contributed by atoms with E-state index in [9.17, 15) is 4.79 Å². The minimum Gasteiger partial charge on any atom is -0.368 e. The summed E-state index contributed by atoms with van der Waals surface area (Å²) in [6.07, 6.45) is 1.19. The van der Waals surface area contributed by atoms with Gasteiger partial charge in [-0.15, -0.1) is 0 Å². The van der Waals surface area contributed by atoms with Crippen LogP contribution in [-0.4, -0.2) is 42.9 Å². The third kappa shape index (κ3) is 3.41. The molecule has 1 aliphatic rings. The van der Waals surface area contributed by atoms with Gasteiger partial charge >= 0.3 is 0 Å². The molecule has 0 saturated carbocycles. The number of carbonyl (C=O) groups is 1. The van der Waals surface area contributed by atoms with Gasteiger partial charge in [-0.1, -0.05) is 22.9 Å². The predicted molar refractivity (Wildman–Crippen MR) is 87.7 cm³/mol. The number of nitrogens with zero attached hydrogens (tertiary/aromatic N) is 2. The highest BCUT2D eigenvalue weighted by molar-refractivity contribution is 9.10. The van der Waals surface area contributed by atoms with Crippen LogP contribution in [-0.2, 0) is 0 Å². The van der Waals surface area contributed by atoms with Gasteiger partial charge in [0.05, 0.1) is 0 Å². The summed E-state index contributed by atoms with van der Waals surface area (Å²) in [6.45, 7) is 10.3. The molecule has 1 fully saturated rings. The number of hydrogen-bond acceptors (Lipinski definition) is 3. The van der Waals surface area contributed by atoms with E-state index in [2.05, 4.69) is 45.6 Å². The number of piperazine rings is 1. The molecular formula is C16H23BrN2O. The van der Waals surface area contributed by atoms with Crippen molar-refractivity contribution in [1.82, 2.24) is 4.90 Å². The maximum Gasteiger partial charge on any atom is 0.161 e. The van der Waals surface area contributed by atoms with Gasteiger partial charge in [0, 0.05) is 47.9 Å². The van der Waals surface area contributed by atoms with Crippen molar-refractivity contribution in [3.63, 3.8) is 0 Å². The molecule has 1 aromatic carbocycles. The van der Waals surface area contributed by atoms with Gasteiger partial charge in [-0.05, 0) is 38.5 Å². The third-order valence-electron chi connectivity index (χ3n) is 4.21. The van der Waals surface area contributed by atoms with Crippen LogP contribution in [0.4, 0.5) is 5.69 Å². The van der Waals surface area contributed by atoms with Crippen molar-refractivity contribution in [2.24, 2.45) is 0 Å². The molecule has 0 aliphatic carbocycles. The SMILES string of the molecule is CCC(C)N1CCN(c2cc(Br)ccc2C(C)=O)CC1. The van der Waals surface area contributed by atoms with E-state index >= 15 is 0 Å². The fourth-order valence-corrected chi connectivity index (χ4v) is 3.07. The van der Waals surface area contributed by atoms with Gasteiger partial charge < -0.3 is 4.90 Å². The number of Topliss-reactive ketones (excluding diaryl/α,β-unsaturated/α-hetero) is 1. The molecule has 1 aliphatic heterocycles. The highest BCUT2D eigenvalue weighted by Gasteiger charge is 2.22. The average Bonchev–Trinajstić information content (AvgIpc) is 2.46. The van der Waals surface area contributed by atoms with Gasteiger partial charge in [0.2, 0.25) is 0 Å². The van der Waals surface area contributed by atoms with E-state index in [0.29, 0.717) is 6.04 Å². The lowest BCUT2D eigenvalue weighted by atomic mass is 10.1. The number of hydrogen-bond donors (Lipinski definition) is 0. The zero-order chi connectivity index (χ0) is 14.7. The Morgan fingerprint density at radius 1 is 1.30 bits per heavy atom. The van der Waals surface area contributed by atoms with Crippen molar-refractivity contribution >= 4 is 27.4 Å². The van der Waals surface area contributed by atoms with Gasteiger partial charge in [0.1, 0.15) is 0 Å². The first-order chi connectivity index (χ1) is 9.52. The van der Waals surface area contributed by atoms with Crippen LogP contribution >= 0.6 is 15.9 Å². The smallest absolute Gasteiger partial charge is 0.161 e. The second kappa shape index (κ2) is 6.72. The molecule has 20 heavy (non-hydrogen) atoms. The van der Waals surface area contributed by atoms with E-state index < -0.39 is 0 Å². The summed E-state index contributed by atoms with van der Waals surface area (Å²) in [5, 5.41) is 0. The second-order valence-electron chi connectivity index (χ2n) is 5.50. The van der Waals surface area contributed by atoms with Crippen molar-refractivity contribution < 1.29 is 4.79 Å². The Labute approximate surface area is 130 Å². The molecule has 1 atom stereocenters. The van der Waals surface area contributed by atoms with Gasteiger partial charge in [0.15, 0.2) is 5.78 Å². The van der Waals surface area contributed by atoms with E-state index in [-0.39, 0.29) is 5.78 Å². The van der Waals surface area contributed by atoms with Crippen LogP contribution in [0.2, 0.25) is 0 Å². The molecule has 0 spiro atoms. The Balaban J connectivity index is 2.14. The van der Waals surface area contributed by atoms with Gasteiger partial charge in [-0.2, -0.15) is 0 Å². The van der Waals surface area contributed by atoms with E-state index in [4.69, 9.17) is 0 Å². The molecule has 1 saturated heterocycles. The molecule has 1 heterocycles. The molecule has 0 aromatic heterocycles. The quantitative estimate of drug-likeness (QED) is 0.784. The number of benzene rings is 1. The topological polar surface area (TPSA) is 23.6 Å². The number of rotatable bonds is 4. The summed E-state index contributed by atoms with van der Waals surface area (Å²) in [5.74, 6) is 0.136. The molecular weight excluding hydrogens is 316 g/mol. The third-order valence-corrected chi connectivity index (χ3v) is 4.70. The zero-order valence-corrected chi connectivity index (χ0v) is 14.1. The first-order valence-electron chi connectivity index (χ1n) is 7.32. The average molecular weight is 339 g/mol. The van der Waals surface area contributed by atoms with Crippen LogP contribution in [0.25, 0.3) is 0 Å². The van der Waals surface area contributed by atoms with Crippen LogP contribution in [0.15, 0.2) is 22.7 Å². The largest absolute Gasteiger partial charge is 0.368 e. The van der Waals surface area contributed by atoms with Crippen LogP contribution in [0.1, 0.15) is 37.6 Å². The second-order valence-corrected chi connectivity index (χ2v) is 6.41. The standard InChI is InChI=1S/C16H23BrN2O/c1-4-12(2)18-7-9-19(10-8-18)16-11-14(17)5-6-15(16)13(3)20/h5-6,11-12H,4,7-10H2,1-3H3. The van der Waals surface area contributed by atoms with Crippen LogP contribution in [0, 0.1) is 0 Å². The van der Waals surface area contributed by atoms with Crippen molar-refractivity contribution in [3.8, 4) is 0 Å². The molecule has 110 valence electrons. The Bertz CT molecular complexity index is 481. The first-order valence-corrected chi connectivity index (χ1v) is 8.11. The lowest BCUT2D eigenvalue weighted by Gasteiger charge is -2.39. The maximum absolute atomic E-state index is 11.8. The van der Waals surface area contributed by atoms with Gasteiger partial charge in [-0.3, -0.25) is 9.69 Å². The molecule has 3 nitrogen and oxygen atoms in total. The van der Waals surface area contributed by atoms with Gasteiger partial charge in [0.25, 0.3) is 0 Å². The molecule has 1 aromatic rings. The van der Waals surface area contributed by atoms with Gasteiger partial charge in [-0.25, -0.2) is 0 Å². The minimum atomic E-state index is 0.136. The fourth-order valence-electron chi connectivity index (χ4n) is 2.73. The van der Waals surface area contributed by atoms with E-state index in [0.717, 1.165) is 41.9 Å². The van der Waals surface area contributed by atoms with E-state index in [1.54, 1.807) is 6.92 Å². The Kier molecular flexibility index (Phi) is 5.22. The summed E-state index contributed by atoms with van der Waals surface area (Å²) in [6, 6.07) is 6.57. The first kappa shape index (κ1) is 15.5. The lowest BCUT2D eigenvalue weighted by Crippen LogP contribution is -2.49. The summed E-state index contributed by atoms with van der Waals surface area (Å²) >= 11 is 3.51. The molecule has 4 heteroatoms. The maximum atomic E-state index is 11.8. The number of carbonyl (C=O) groups excluding carboxylic acids is 1. The summed E-state index contributed by atoms with van der Waals surface area (Å²) in [4.78, 5) is 16.7. The summed E-state index contributed by atoms with van der Waals surface area (Å²) in [5.41, 5.74) is 1.89. The Hall–Kier alpha value is -0.870. The number of anilines is 1. The summed E-state index contributed by atoms with van der Waals surface area (Å²) < 4.78 is 1.03. The van der Waals surface area contributed by atoms with E-state index in [1.165, 1.54) is 6.42 Å². The molecule has 0 radical (unpaired) electrons. The highest BCUT2D eigenvalue weighted by atomic mass is 79.9. The van der Waals surface area contributed by atoms with Crippen molar-refractivity contribution in [2.75, 3.05) is 31.1 Å². The predicted octanol–water partition coefficient (Wildman–Crippen LogP) is 3.57. The Morgan fingerprint density at radius 2 is 1.95 bits per heavy atom. The van der Waals surface area contributed by atoms with Crippen molar-refractivity contribution in [1.29, 1.82) is 0 Å². The number of ketones is 1. The monoisotopic (exact) mass is 338 g/mol. The lowest BCUT2D eigenvalue weighted by molar-refractivity contribution is 0.101. The molecule has 0 bridgehead atoms. The molecule has 0 N–H and O–H groups in total. The van der Waals surface area contributed by atoms with Crippen LogP contribution in [0.3, 0.4) is 0 Å². The van der Waals surface area contributed by atoms with Crippen molar-refractivity contribution in [2.45, 2.75) is 33.2 Å². The molecule has 1 unspecified atom stereocenters. The van der Waals surface area contributed by atoms with Crippen LogP contribution < -0.4 is 4.90 Å². The normalized spacial score (nSPS) is 18.1. The molecule has 2 rings (SSSR count). The summed E-state index contributed by atoms with van der Waals surface area (Å²) in [7, 11) is 0. The Morgan fingerprint density at radius 3 is 2.50 bits per heavy atom. The van der Waals surface area contributed by atoms with E-state index in [1.807, 2.05) is 12.1 Å². The van der Waals surface area contributed by atoms with Crippen molar-refractivity contribution in [3.05, 3.63) is 28.2 Å². The highest BCUT2D eigenvalue weighted by Crippen LogP contribution is 2.27. The van der Waals surface area contributed by atoms with Crippen LogP contribution in [0.5, 0.6) is 0 Å². The zero-order valence-electron chi connectivity index (χ0n) is 12.5. The minimum absolute atomic E-state index is 0.136. The molecule has 0 amide bonds.